The predicted molar refractivity (Wildman–Crippen MR) is 107 cm³/mol. The van der Waals surface area contributed by atoms with E-state index in [1.54, 1.807) is 12.1 Å². The Balaban J connectivity index is 1.57. The van der Waals surface area contributed by atoms with E-state index >= 15 is 0 Å². The predicted octanol–water partition coefficient (Wildman–Crippen LogP) is 3.21. The van der Waals surface area contributed by atoms with E-state index in [4.69, 9.17) is 22.1 Å². The molecule has 7 nitrogen and oxygen atoms in total. The van der Waals surface area contributed by atoms with E-state index in [1.807, 2.05) is 0 Å². The molecule has 0 aliphatic carbocycles. The van der Waals surface area contributed by atoms with Crippen LogP contribution in [0.3, 0.4) is 0 Å². The fourth-order valence-corrected chi connectivity index (χ4v) is 3.26. The van der Waals surface area contributed by atoms with E-state index in [1.165, 1.54) is 23.1 Å². The highest BCUT2D eigenvalue weighted by atomic mass is 35.5. The largest absolute Gasteiger partial charge is 0.484 e. The Morgan fingerprint density at radius 3 is 2.45 bits per heavy atom. The number of nitrogens with two attached hydrogens (primary N) is 1. The number of rotatable bonds is 6. The first kappa shape index (κ1) is 22.4. The lowest BCUT2D eigenvalue weighted by atomic mass is 10.1. The zero-order chi connectivity index (χ0) is 22.8. The fraction of sp³-hybridized carbons (Fsp3) is 0.250. The molecule has 3 amide bonds. The third-order valence-corrected chi connectivity index (χ3v) is 4.93. The number of hydrogen-bond acceptors (Lipinski definition) is 4. The molecule has 0 aromatic heterocycles. The molecule has 1 aliphatic rings. The lowest BCUT2D eigenvalue weighted by Gasteiger charge is -2.17. The van der Waals surface area contributed by atoms with Gasteiger partial charge in [0.25, 0.3) is 5.91 Å². The first-order valence-corrected chi connectivity index (χ1v) is 9.41. The normalized spacial score (nSPS) is 16.3. The van der Waals surface area contributed by atoms with Crippen molar-refractivity contribution in [2.75, 3.05) is 23.4 Å². The van der Waals surface area contributed by atoms with Gasteiger partial charge in [0.2, 0.25) is 11.8 Å². The number of anilines is 2. The molecule has 1 unspecified atom stereocenters. The van der Waals surface area contributed by atoms with Crippen LogP contribution in [0.5, 0.6) is 5.75 Å². The number of carbonyl (C=O) groups excluding carboxylic acids is 3. The molecule has 0 bridgehead atoms. The van der Waals surface area contributed by atoms with Gasteiger partial charge in [-0.05, 0) is 42.5 Å². The smallest absolute Gasteiger partial charge is 0.417 e. The number of nitrogens with zero attached hydrogens (tertiary/aromatic N) is 1. The summed E-state index contributed by atoms with van der Waals surface area (Å²) in [4.78, 5) is 36.7. The summed E-state index contributed by atoms with van der Waals surface area (Å²) >= 11 is 5.55. The van der Waals surface area contributed by atoms with Gasteiger partial charge in [-0.3, -0.25) is 14.4 Å². The molecule has 1 fully saturated rings. The van der Waals surface area contributed by atoms with Gasteiger partial charge in [0.1, 0.15) is 5.75 Å². The first-order chi connectivity index (χ1) is 14.5. The summed E-state index contributed by atoms with van der Waals surface area (Å²) in [5.74, 6) is -1.66. The maximum Gasteiger partial charge on any atom is 0.417 e. The van der Waals surface area contributed by atoms with Crippen molar-refractivity contribution in [1.29, 1.82) is 0 Å². The van der Waals surface area contributed by atoms with Gasteiger partial charge in [-0.25, -0.2) is 0 Å². The summed E-state index contributed by atoms with van der Waals surface area (Å²) in [6, 6.07) is 9.25. The summed E-state index contributed by atoms with van der Waals surface area (Å²) in [6.45, 7) is -0.256. The summed E-state index contributed by atoms with van der Waals surface area (Å²) in [6.07, 6.45) is -4.60. The number of nitrogens with one attached hydrogen (secondary N) is 1. The van der Waals surface area contributed by atoms with Crippen LogP contribution in [0.2, 0.25) is 5.02 Å². The van der Waals surface area contributed by atoms with Gasteiger partial charge in [0, 0.05) is 24.3 Å². The van der Waals surface area contributed by atoms with Crippen LogP contribution in [-0.2, 0) is 20.6 Å². The van der Waals surface area contributed by atoms with Crippen molar-refractivity contribution in [3.05, 3.63) is 53.1 Å². The zero-order valence-corrected chi connectivity index (χ0v) is 16.7. The summed E-state index contributed by atoms with van der Waals surface area (Å²) in [5, 5.41) is 1.84. The molecule has 1 aliphatic heterocycles. The van der Waals surface area contributed by atoms with E-state index in [9.17, 15) is 27.6 Å². The molecule has 3 N–H and O–H groups in total. The molecule has 0 radical (unpaired) electrons. The van der Waals surface area contributed by atoms with Crippen molar-refractivity contribution >= 4 is 40.7 Å². The van der Waals surface area contributed by atoms with Crippen LogP contribution in [0.15, 0.2) is 42.5 Å². The van der Waals surface area contributed by atoms with Gasteiger partial charge in [0.05, 0.1) is 16.5 Å². The molecule has 0 spiro atoms. The van der Waals surface area contributed by atoms with Crippen molar-refractivity contribution in [2.24, 2.45) is 11.7 Å². The first-order valence-electron chi connectivity index (χ1n) is 9.03. The third-order valence-electron chi connectivity index (χ3n) is 4.60. The Labute approximate surface area is 179 Å². The van der Waals surface area contributed by atoms with Gasteiger partial charge >= 0.3 is 6.18 Å². The average Bonchev–Trinajstić information content (AvgIpc) is 3.09. The van der Waals surface area contributed by atoms with Crippen LogP contribution in [0.4, 0.5) is 24.5 Å². The molecule has 11 heteroatoms. The second-order valence-electron chi connectivity index (χ2n) is 6.83. The number of alkyl halides is 3. The molecule has 2 aromatic carbocycles. The van der Waals surface area contributed by atoms with E-state index in [-0.39, 0.29) is 24.6 Å². The number of hydrogen-bond donors (Lipinski definition) is 2. The van der Waals surface area contributed by atoms with Crippen molar-refractivity contribution in [2.45, 2.75) is 12.6 Å². The molecule has 31 heavy (non-hydrogen) atoms. The maximum absolute atomic E-state index is 12.9. The van der Waals surface area contributed by atoms with Crippen LogP contribution in [-0.4, -0.2) is 30.9 Å². The molecule has 3 rings (SSSR count). The minimum atomic E-state index is -4.65. The Morgan fingerprint density at radius 2 is 1.87 bits per heavy atom. The maximum atomic E-state index is 12.9. The van der Waals surface area contributed by atoms with Crippen molar-refractivity contribution in [3.63, 3.8) is 0 Å². The highest BCUT2D eigenvalue weighted by Gasteiger charge is 2.34. The van der Waals surface area contributed by atoms with Crippen molar-refractivity contribution in [1.82, 2.24) is 0 Å². The lowest BCUT2D eigenvalue weighted by Crippen LogP contribution is -2.28. The standard InChI is InChI=1S/C20H17ClF3N3O4/c21-16-6-1-12(8-15(16)20(22,23)24)26-17(28)10-31-14-4-2-13(3-5-14)27-9-11(19(25)30)7-18(27)29/h1-6,8,11H,7,9-10H2,(H2,25,30)(H,26,28). The van der Waals surface area contributed by atoms with Gasteiger partial charge in [-0.1, -0.05) is 11.6 Å². The van der Waals surface area contributed by atoms with Gasteiger partial charge < -0.3 is 20.7 Å². The molecule has 0 saturated carbocycles. The SMILES string of the molecule is NC(=O)C1CC(=O)N(c2ccc(OCC(=O)Nc3ccc(Cl)c(C(F)(F)F)c3)cc2)C1. The second-order valence-corrected chi connectivity index (χ2v) is 7.24. The molecule has 1 atom stereocenters. The molecule has 2 aromatic rings. The number of primary amides is 1. The lowest BCUT2D eigenvalue weighted by molar-refractivity contribution is -0.137. The van der Waals surface area contributed by atoms with Crippen LogP contribution in [0.25, 0.3) is 0 Å². The minimum Gasteiger partial charge on any atom is -0.484 e. The number of halogens is 4. The molecule has 1 heterocycles. The highest BCUT2D eigenvalue weighted by Crippen LogP contribution is 2.36. The van der Waals surface area contributed by atoms with Gasteiger partial charge in [-0.2, -0.15) is 13.2 Å². The summed E-state index contributed by atoms with van der Waals surface area (Å²) < 4.78 is 44.0. The number of benzene rings is 2. The Hall–Kier alpha value is -3.27. The topological polar surface area (TPSA) is 102 Å². The Morgan fingerprint density at radius 1 is 1.19 bits per heavy atom. The zero-order valence-electron chi connectivity index (χ0n) is 15.9. The van der Waals surface area contributed by atoms with Gasteiger partial charge in [-0.15, -0.1) is 0 Å². The van der Waals surface area contributed by atoms with E-state index in [2.05, 4.69) is 5.32 Å². The molecule has 1 saturated heterocycles. The Kier molecular flexibility index (Phi) is 6.40. The Bertz CT molecular complexity index is 1010. The fourth-order valence-electron chi connectivity index (χ4n) is 3.04. The quantitative estimate of drug-likeness (QED) is 0.698. The molecular weight excluding hydrogens is 439 g/mol. The van der Waals surface area contributed by atoms with E-state index < -0.39 is 41.1 Å². The van der Waals surface area contributed by atoms with Crippen molar-refractivity contribution < 1.29 is 32.3 Å². The minimum absolute atomic E-state index is 0.0501. The van der Waals surface area contributed by atoms with E-state index in [0.717, 1.165) is 12.1 Å². The molecule has 164 valence electrons. The monoisotopic (exact) mass is 455 g/mol. The average molecular weight is 456 g/mol. The molecular formula is C20H17ClF3N3O4. The van der Waals surface area contributed by atoms with Crippen LogP contribution in [0, 0.1) is 5.92 Å². The van der Waals surface area contributed by atoms with Crippen LogP contribution >= 0.6 is 11.6 Å². The number of ether oxygens (including phenoxy) is 1. The van der Waals surface area contributed by atoms with Gasteiger partial charge in [0.15, 0.2) is 6.61 Å². The summed E-state index contributed by atoms with van der Waals surface area (Å²) in [5.41, 5.74) is 4.66. The number of carbonyl (C=O) groups is 3. The van der Waals surface area contributed by atoms with Crippen LogP contribution in [0.1, 0.15) is 12.0 Å². The number of amides is 3. The van der Waals surface area contributed by atoms with Crippen LogP contribution < -0.4 is 20.7 Å². The van der Waals surface area contributed by atoms with E-state index in [0.29, 0.717) is 11.4 Å². The summed E-state index contributed by atoms with van der Waals surface area (Å²) in [7, 11) is 0. The van der Waals surface area contributed by atoms with Crippen molar-refractivity contribution in [3.8, 4) is 5.75 Å². The third kappa shape index (κ3) is 5.46. The second kappa shape index (κ2) is 8.84. The highest BCUT2D eigenvalue weighted by molar-refractivity contribution is 6.31.